The van der Waals surface area contributed by atoms with Gasteiger partial charge in [-0.15, -0.1) is 12.4 Å². The number of amides is 2. The maximum atomic E-state index is 12.2. The Morgan fingerprint density at radius 3 is 2.48 bits per heavy atom. The molecule has 2 rings (SSSR count). The fourth-order valence-electron chi connectivity index (χ4n) is 3.56. The van der Waals surface area contributed by atoms with Gasteiger partial charge in [0.15, 0.2) is 0 Å². The van der Waals surface area contributed by atoms with Crippen molar-refractivity contribution in [3.63, 3.8) is 0 Å². The average Bonchev–Trinajstić information content (AvgIpc) is 2.93. The molecule has 1 heterocycles. The van der Waals surface area contributed by atoms with Crippen LogP contribution in [-0.4, -0.2) is 42.4 Å². The standard InChI is InChI=1S/C15H27N3O2.ClH/c16-10-14(19)17-11-15(20)18-8-4-7-13(18)9-12-5-2-1-3-6-12;/h12-13H,1-11,16H2,(H,17,19);1H. The first-order chi connectivity index (χ1) is 9.70. The van der Waals surface area contributed by atoms with Crippen LogP contribution < -0.4 is 11.1 Å². The number of halogens is 1. The Bertz CT molecular complexity index is 346. The first-order valence-electron chi connectivity index (χ1n) is 7.97. The van der Waals surface area contributed by atoms with Gasteiger partial charge in [0.05, 0.1) is 13.1 Å². The van der Waals surface area contributed by atoms with E-state index in [4.69, 9.17) is 5.73 Å². The zero-order valence-corrected chi connectivity index (χ0v) is 13.5. The molecule has 0 spiro atoms. The quantitative estimate of drug-likeness (QED) is 0.805. The van der Waals surface area contributed by atoms with Crippen molar-refractivity contribution in [2.45, 2.75) is 57.4 Å². The molecule has 1 unspecified atom stereocenters. The van der Waals surface area contributed by atoms with Gasteiger partial charge < -0.3 is 16.0 Å². The van der Waals surface area contributed by atoms with Crippen LogP contribution in [0.3, 0.4) is 0 Å². The van der Waals surface area contributed by atoms with Crippen molar-refractivity contribution in [1.29, 1.82) is 0 Å². The molecule has 0 aromatic heterocycles. The van der Waals surface area contributed by atoms with E-state index in [0.29, 0.717) is 6.04 Å². The van der Waals surface area contributed by atoms with E-state index in [1.54, 1.807) is 0 Å². The average molecular weight is 318 g/mol. The van der Waals surface area contributed by atoms with E-state index in [1.807, 2.05) is 4.90 Å². The predicted molar refractivity (Wildman–Crippen MR) is 85.2 cm³/mol. The molecule has 1 aliphatic heterocycles. The molecule has 1 saturated heterocycles. The van der Waals surface area contributed by atoms with Gasteiger partial charge in [-0.25, -0.2) is 0 Å². The molecule has 0 aromatic rings. The Hall–Kier alpha value is -0.810. The highest BCUT2D eigenvalue weighted by Crippen LogP contribution is 2.31. The van der Waals surface area contributed by atoms with Crippen molar-refractivity contribution >= 4 is 24.2 Å². The lowest BCUT2D eigenvalue weighted by Crippen LogP contribution is -2.44. The summed E-state index contributed by atoms with van der Waals surface area (Å²) in [6, 6.07) is 0.389. The van der Waals surface area contributed by atoms with E-state index in [-0.39, 0.29) is 37.3 Å². The summed E-state index contributed by atoms with van der Waals surface area (Å²) in [6.07, 6.45) is 10.1. The van der Waals surface area contributed by atoms with E-state index >= 15 is 0 Å². The molecule has 0 bridgehead atoms. The van der Waals surface area contributed by atoms with Crippen molar-refractivity contribution in [2.24, 2.45) is 11.7 Å². The summed E-state index contributed by atoms with van der Waals surface area (Å²) in [6.45, 7) is 0.880. The molecule has 1 atom stereocenters. The third kappa shape index (κ3) is 5.47. The number of rotatable bonds is 5. The third-order valence-corrected chi connectivity index (χ3v) is 4.65. The van der Waals surface area contributed by atoms with Gasteiger partial charge in [0.25, 0.3) is 0 Å². The molecular weight excluding hydrogens is 290 g/mol. The van der Waals surface area contributed by atoms with E-state index < -0.39 is 0 Å². The summed E-state index contributed by atoms with van der Waals surface area (Å²) in [5.41, 5.74) is 5.23. The summed E-state index contributed by atoms with van der Waals surface area (Å²) >= 11 is 0. The van der Waals surface area contributed by atoms with E-state index in [9.17, 15) is 9.59 Å². The molecule has 0 radical (unpaired) electrons. The molecule has 2 aliphatic rings. The molecule has 1 aliphatic carbocycles. The number of nitrogens with zero attached hydrogens (tertiary/aromatic N) is 1. The summed E-state index contributed by atoms with van der Waals surface area (Å²) < 4.78 is 0. The molecule has 122 valence electrons. The van der Waals surface area contributed by atoms with Crippen molar-refractivity contribution in [3.8, 4) is 0 Å². The van der Waals surface area contributed by atoms with Crippen LogP contribution in [-0.2, 0) is 9.59 Å². The maximum Gasteiger partial charge on any atom is 0.242 e. The molecule has 21 heavy (non-hydrogen) atoms. The number of nitrogens with one attached hydrogen (secondary N) is 1. The maximum absolute atomic E-state index is 12.2. The van der Waals surface area contributed by atoms with Crippen molar-refractivity contribution in [2.75, 3.05) is 19.6 Å². The van der Waals surface area contributed by atoms with Gasteiger partial charge in [0.1, 0.15) is 0 Å². The van der Waals surface area contributed by atoms with Crippen LogP contribution >= 0.6 is 12.4 Å². The lowest BCUT2D eigenvalue weighted by molar-refractivity contribution is -0.133. The van der Waals surface area contributed by atoms with E-state index in [1.165, 1.54) is 32.1 Å². The van der Waals surface area contributed by atoms with E-state index in [2.05, 4.69) is 5.32 Å². The second kappa shape index (κ2) is 9.26. The molecule has 2 amide bonds. The van der Waals surface area contributed by atoms with Crippen LogP contribution in [0.2, 0.25) is 0 Å². The lowest BCUT2D eigenvalue weighted by Gasteiger charge is -2.30. The second-order valence-electron chi connectivity index (χ2n) is 6.10. The molecule has 6 heteroatoms. The predicted octanol–water partition coefficient (Wildman–Crippen LogP) is 1.44. The highest BCUT2D eigenvalue weighted by molar-refractivity contribution is 5.86. The van der Waals surface area contributed by atoms with Gasteiger partial charge >= 0.3 is 0 Å². The molecule has 1 saturated carbocycles. The van der Waals surface area contributed by atoms with Crippen LogP contribution in [0.4, 0.5) is 0 Å². The molecular formula is C15H28ClN3O2. The van der Waals surface area contributed by atoms with Crippen molar-refractivity contribution in [1.82, 2.24) is 10.2 Å². The van der Waals surface area contributed by atoms with Gasteiger partial charge in [0, 0.05) is 12.6 Å². The fourth-order valence-corrected chi connectivity index (χ4v) is 3.56. The van der Waals surface area contributed by atoms with Gasteiger partial charge in [-0.1, -0.05) is 32.1 Å². The van der Waals surface area contributed by atoms with Crippen molar-refractivity contribution in [3.05, 3.63) is 0 Å². The minimum Gasteiger partial charge on any atom is -0.346 e. The number of carbonyl (C=O) groups is 2. The first-order valence-corrected chi connectivity index (χ1v) is 7.97. The normalized spacial score (nSPS) is 22.7. The van der Waals surface area contributed by atoms with Gasteiger partial charge in [-0.3, -0.25) is 9.59 Å². The Morgan fingerprint density at radius 1 is 1.10 bits per heavy atom. The van der Waals surface area contributed by atoms with Gasteiger partial charge in [-0.05, 0) is 25.2 Å². The van der Waals surface area contributed by atoms with Crippen LogP contribution in [0.25, 0.3) is 0 Å². The van der Waals surface area contributed by atoms with Crippen molar-refractivity contribution < 1.29 is 9.59 Å². The zero-order valence-electron chi connectivity index (χ0n) is 12.7. The smallest absolute Gasteiger partial charge is 0.242 e. The highest BCUT2D eigenvalue weighted by Gasteiger charge is 2.30. The SMILES string of the molecule is Cl.NCC(=O)NCC(=O)N1CCCC1CC1CCCCC1. The molecule has 2 fully saturated rings. The number of hydrogen-bond acceptors (Lipinski definition) is 3. The Kier molecular flexibility index (Phi) is 8.04. The summed E-state index contributed by atoms with van der Waals surface area (Å²) in [5, 5.41) is 2.58. The largest absolute Gasteiger partial charge is 0.346 e. The summed E-state index contributed by atoms with van der Waals surface area (Å²) in [7, 11) is 0. The fraction of sp³-hybridized carbons (Fsp3) is 0.867. The topological polar surface area (TPSA) is 75.4 Å². The highest BCUT2D eigenvalue weighted by atomic mass is 35.5. The number of carbonyl (C=O) groups excluding carboxylic acids is 2. The minimum atomic E-state index is -0.263. The summed E-state index contributed by atoms with van der Waals surface area (Å²) in [5.74, 6) is 0.576. The van der Waals surface area contributed by atoms with Gasteiger partial charge in [-0.2, -0.15) is 0 Å². The van der Waals surface area contributed by atoms with Crippen LogP contribution in [0, 0.1) is 5.92 Å². The van der Waals surface area contributed by atoms with E-state index in [0.717, 1.165) is 31.7 Å². The molecule has 5 nitrogen and oxygen atoms in total. The Morgan fingerprint density at radius 2 is 1.81 bits per heavy atom. The molecule has 3 N–H and O–H groups in total. The first kappa shape index (κ1) is 18.2. The Labute approximate surface area is 133 Å². The monoisotopic (exact) mass is 317 g/mol. The zero-order chi connectivity index (χ0) is 14.4. The second-order valence-corrected chi connectivity index (χ2v) is 6.10. The molecule has 0 aromatic carbocycles. The lowest BCUT2D eigenvalue weighted by atomic mass is 9.84. The number of likely N-dealkylation sites (tertiary alicyclic amines) is 1. The number of hydrogen-bond donors (Lipinski definition) is 2. The van der Waals surface area contributed by atoms with Crippen LogP contribution in [0.15, 0.2) is 0 Å². The summed E-state index contributed by atoms with van der Waals surface area (Å²) in [4.78, 5) is 25.3. The van der Waals surface area contributed by atoms with Crippen LogP contribution in [0.1, 0.15) is 51.4 Å². The van der Waals surface area contributed by atoms with Gasteiger partial charge in [0.2, 0.25) is 11.8 Å². The minimum absolute atomic E-state index is 0. The third-order valence-electron chi connectivity index (χ3n) is 4.65. The number of nitrogens with two attached hydrogens (primary N) is 1. The van der Waals surface area contributed by atoms with Crippen LogP contribution in [0.5, 0.6) is 0 Å². The Balaban J connectivity index is 0.00000220.